The van der Waals surface area contributed by atoms with E-state index in [9.17, 15) is 4.79 Å². The molecule has 0 saturated heterocycles. The molecule has 0 N–H and O–H groups in total. The van der Waals surface area contributed by atoms with Crippen molar-refractivity contribution in [3.8, 4) is 0 Å². The molecule has 0 aliphatic carbocycles. The maximum atomic E-state index is 10.2. The van der Waals surface area contributed by atoms with E-state index in [0.29, 0.717) is 10.5 Å². The van der Waals surface area contributed by atoms with E-state index in [1.54, 1.807) is 18.2 Å². The molecule has 0 aliphatic rings. The van der Waals surface area contributed by atoms with E-state index >= 15 is 0 Å². The molecule has 0 amide bonds. The van der Waals surface area contributed by atoms with Crippen LogP contribution >= 0.6 is 0 Å². The molecule has 0 aliphatic heterocycles. The van der Waals surface area contributed by atoms with Gasteiger partial charge in [0, 0.05) is 0 Å². The zero-order valence-corrected chi connectivity index (χ0v) is 9.64. The molecule has 0 unspecified atom stereocenters. The first-order valence-electron chi connectivity index (χ1n) is 2.56. The van der Waals surface area contributed by atoms with Crippen LogP contribution in [0.2, 0.25) is 0 Å². The molecule has 10 heavy (non-hydrogen) atoms. The van der Waals surface area contributed by atoms with Crippen molar-refractivity contribution in [3.63, 3.8) is 0 Å². The molecule has 3 heteroatoms. The second-order valence-electron chi connectivity index (χ2n) is 1.66. The van der Waals surface area contributed by atoms with E-state index in [-0.39, 0.29) is 51.4 Å². The molecule has 0 aromatic heterocycles. The normalized spacial score (nSPS) is 8.00. The van der Waals surface area contributed by atoms with Crippen LogP contribution in [-0.4, -0.2) is 6.29 Å². The van der Waals surface area contributed by atoms with Gasteiger partial charge in [0.2, 0.25) is 0 Å². The minimum Gasteiger partial charge on any atom is -0.779 e. The summed E-state index contributed by atoms with van der Waals surface area (Å²) in [6.07, 6.45) is 0.766. The van der Waals surface area contributed by atoms with E-state index in [4.69, 9.17) is 12.6 Å². The zero-order valence-electron chi connectivity index (χ0n) is 5.70. The number of rotatable bonds is 1. The minimum atomic E-state index is 0. The van der Waals surface area contributed by atoms with Crippen molar-refractivity contribution < 1.29 is 56.2 Å². The van der Waals surface area contributed by atoms with Gasteiger partial charge in [-0.15, -0.1) is 0 Å². The molecule has 46 valence electrons. The Bertz CT molecular complexity index is 225. The second kappa shape index (κ2) is 5.40. The average Bonchev–Trinajstić information content (AvgIpc) is 1.89. The number of hydrogen-bond acceptors (Lipinski definition) is 2. The van der Waals surface area contributed by atoms with Crippen LogP contribution in [-0.2, 0) is 12.6 Å². The third-order valence-electron chi connectivity index (χ3n) is 1.05. The molecule has 1 rings (SSSR count). The van der Waals surface area contributed by atoms with Gasteiger partial charge in [-0.05, 0) is 5.56 Å². The maximum Gasteiger partial charge on any atom is 1.00 e. The summed E-state index contributed by atoms with van der Waals surface area (Å²) in [5.41, 5.74) is 0.590. The fourth-order valence-corrected chi connectivity index (χ4v) is 0.773. The van der Waals surface area contributed by atoms with E-state index in [2.05, 4.69) is 0 Å². The summed E-state index contributed by atoms with van der Waals surface area (Å²) in [6, 6.07) is 7.04. The van der Waals surface area contributed by atoms with E-state index < -0.39 is 0 Å². The average molecular weight is 176 g/mol. The number of benzene rings is 1. The van der Waals surface area contributed by atoms with Crippen LogP contribution in [0.5, 0.6) is 0 Å². The van der Waals surface area contributed by atoms with Crippen molar-refractivity contribution in [1.82, 2.24) is 0 Å². The first kappa shape index (κ1) is 10.7. The van der Waals surface area contributed by atoms with Gasteiger partial charge in [0.1, 0.15) is 6.29 Å². The SMILES string of the molecule is O=Cc1ccccc1[S-].[K+]. The fourth-order valence-electron chi connectivity index (χ4n) is 0.578. The molecule has 0 heterocycles. The largest absolute Gasteiger partial charge is 1.00 e. The number of carbonyl (C=O) groups excluding carboxylic acids is 1. The summed E-state index contributed by atoms with van der Waals surface area (Å²) in [5.74, 6) is 0. The predicted molar refractivity (Wildman–Crippen MR) is 37.5 cm³/mol. The first-order chi connectivity index (χ1) is 4.34. The molecule has 0 atom stereocenters. The molecular formula is C7H5KOS. The molecular weight excluding hydrogens is 171 g/mol. The van der Waals surface area contributed by atoms with Gasteiger partial charge in [-0.2, -0.15) is 4.90 Å². The molecule has 0 fully saturated rings. The number of hydrogen-bond donors (Lipinski definition) is 0. The summed E-state index contributed by atoms with van der Waals surface area (Å²) in [6.45, 7) is 0. The van der Waals surface area contributed by atoms with Crippen molar-refractivity contribution in [2.45, 2.75) is 4.90 Å². The molecule has 0 spiro atoms. The smallest absolute Gasteiger partial charge is 0.779 e. The van der Waals surface area contributed by atoms with Gasteiger partial charge < -0.3 is 12.6 Å². The third-order valence-corrected chi connectivity index (χ3v) is 1.42. The van der Waals surface area contributed by atoms with E-state index in [0.717, 1.165) is 6.29 Å². The topological polar surface area (TPSA) is 17.1 Å². The van der Waals surface area contributed by atoms with Crippen LogP contribution in [0.1, 0.15) is 10.4 Å². The van der Waals surface area contributed by atoms with Crippen LogP contribution in [0.3, 0.4) is 0 Å². The first-order valence-corrected chi connectivity index (χ1v) is 2.96. The van der Waals surface area contributed by atoms with Crippen molar-refractivity contribution in [2.75, 3.05) is 0 Å². The van der Waals surface area contributed by atoms with Crippen LogP contribution in [0.4, 0.5) is 0 Å². The predicted octanol–water partition coefficient (Wildman–Crippen LogP) is -1.59. The second-order valence-corrected chi connectivity index (χ2v) is 2.10. The Hall–Kier alpha value is 0.746. The van der Waals surface area contributed by atoms with Crippen LogP contribution in [0.25, 0.3) is 0 Å². The summed E-state index contributed by atoms with van der Waals surface area (Å²) in [4.78, 5) is 10.8. The quantitative estimate of drug-likeness (QED) is 0.291. The van der Waals surface area contributed by atoms with Crippen LogP contribution in [0, 0.1) is 0 Å². The molecule has 0 radical (unpaired) electrons. The van der Waals surface area contributed by atoms with Gasteiger partial charge in [-0.3, -0.25) is 4.79 Å². The maximum absolute atomic E-state index is 10.2. The van der Waals surface area contributed by atoms with Gasteiger partial charge in [0.25, 0.3) is 0 Å². The van der Waals surface area contributed by atoms with Gasteiger partial charge in [0.05, 0.1) is 0 Å². The molecule has 0 saturated carbocycles. The Kier molecular flexibility index (Phi) is 5.81. The standard InChI is InChI=1S/C7H6OS.K/c8-5-6-3-1-2-4-7(6)9;/h1-5,9H;/q;+1/p-1. The van der Waals surface area contributed by atoms with Crippen molar-refractivity contribution >= 4 is 18.9 Å². The Morgan fingerprint density at radius 1 is 1.30 bits per heavy atom. The Morgan fingerprint density at radius 3 is 2.30 bits per heavy atom. The summed E-state index contributed by atoms with van der Waals surface area (Å²) < 4.78 is 0. The van der Waals surface area contributed by atoms with E-state index in [1.807, 2.05) is 6.07 Å². The zero-order chi connectivity index (χ0) is 6.69. The summed E-state index contributed by atoms with van der Waals surface area (Å²) in [7, 11) is 0. The number of aldehydes is 1. The Labute approximate surface area is 108 Å². The minimum absolute atomic E-state index is 0. The molecule has 0 bridgehead atoms. The summed E-state index contributed by atoms with van der Waals surface area (Å²) >= 11 is 4.82. The van der Waals surface area contributed by atoms with E-state index in [1.165, 1.54) is 0 Å². The van der Waals surface area contributed by atoms with Gasteiger partial charge >= 0.3 is 51.4 Å². The van der Waals surface area contributed by atoms with Crippen molar-refractivity contribution in [3.05, 3.63) is 29.8 Å². The third kappa shape index (κ3) is 2.78. The monoisotopic (exact) mass is 176 g/mol. The van der Waals surface area contributed by atoms with Gasteiger partial charge in [-0.25, -0.2) is 0 Å². The number of carbonyl (C=O) groups is 1. The van der Waals surface area contributed by atoms with Crippen molar-refractivity contribution in [1.29, 1.82) is 0 Å². The molecule has 1 aromatic rings. The molecule has 1 aromatic carbocycles. The van der Waals surface area contributed by atoms with Crippen LogP contribution in [0.15, 0.2) is 29.2 Å². The van der Waals surface area contributed by atoms with Gasteiger partial charge in [-0.1, -0.05) is 24.3 Å². The van der Waals surface area contributed by atoms with Gasteiger partial charge in [0.15, 0.2) is 0 Å². The van der Waals surface area contributed by atoms with Crippen LogP contribution < -0.4 is 51.4 Å². The Morgan fingerprint density at radius 2 is 1.90 bits per heavy atom. The van der Waals surface area contributed by atoms with Crippen molar-refractivity contribution in [2.24, 2.45) is 0 Å². The Balaban J connectivity index is 0.000000810. The molecule has 1 nitrogen and oxygen atoms in total. The fraction of sp³-hybridized carbons (Fsp3) is 0. The summed E-state index contributed by atoms with van der Waals surface area (Å²) in [5, 5.41) is 0.